The molecule has 0 amide bonds. The highest BCUT2D eigenvalue weighted by molar-refractivity contribution is 5.70. The largest absolute Gasteiger partial charge is 0.233 e. The zero-order valence-electron chi connectivity index (χ0n) is 7.36. The van der Waals surface area contributed by atoms with E-state index in [4.69, 9.17) is 5.26 Å². The number of nitrogens with one attached hydrogen (secondary N) is 1. The number of nitriles is 1. The van der Waals surface area contributed by atoms with Crippen molar-refractivity contribution in [1.29, 1.82) is 5.26 Å². The Morgan fingerprint density at radius 2 is 2.29 bits per heavy atom. The third-order valence-corrected chi connectivity index (χ3v) is 2.69. The lowest BCUT2D eigenvalue weighted by molar-refractivity contribution is 0.901. The molecule has 0 bridgehead atoms. The molecular weight excluding hydrogens is 178 g/mol. The third kappa shape index (κ3) is 0.852. The summed E-state index contributed by atoms with van der Waals surface area (Å²) in [5, 5.41) is 19.3. The van der Waals surface area contributed by atoms with E-state index >= 15 is 0 Å². The van der Waals surface area contributed by atoms with Gasteiger partial charge in [-0.1, -0.05) is 0 Å². The molecule has 0 unspecified atom stereocenters. The first-order valence-electron chi connectivity index (χ1n) is 4.42. The molecule has 2 heterocycles. The Hall–Kier alpha value is -1.96. The summed E-state index contributed by atoms with van der Waals surface area (Å²) in [5.41, 5.74) is 1.99. The van der Waals surface area contributed by atoms with Crippen molar-refractivity contribution in [3.8, 4) is 6.07 Å². The van der Waals surface area contributed by atoms with Gasteiger partial charge in [-0.05, 0) is 24.5 Å². The quantitative estimate of drug-likeness (QED) is 0.716. The molecule has 1 saturated carbocycles. The Morgan fingerprint density at radius 1 is 1.43 bits per heavy atom. The Bertz CT molecular complexity index is 531. The Kier molecular flexibility index (Phi) is 1.22. The molecule has 1 aliphatic carbocycles. The second-order valence-electron chi connectivity index (χ2n) is 3.58. The van der Waals surface area contributed by atoms with Gasteiger partial charge in [0.15, 0.2) is 0 Å². The van der Waals surface area contributed by atoms with Crippen LogP contribution in [0.15, 0.2) is 12.3 Å². The van der Waals surface area contributed by atoms with E-state index in [0.29, 0.717) is 5.65 Å². The monoisotopic (exact) mass is 185 g/mol. The van der Waals surface area contributed by atoms with Crippen LogP contribution < -0.4 is 0 Å². The van der Waals surface area contributed by atoms with E-state index < -0.39 is 0 Å². The molecule has 2 aromatic rings. The number of hydrogen-bond donors (Lipinski definition) is 1. The van der Waals surface area contributed by atoms with Crippen molar-refractivity contribution in [1.82, 2.24) is 20.4 Å². The summed E-state index contributed by atoms with van der Waals surface area (Å²) in [4.78, 5) is 4.14. The molecule has 3 rings (SSSR count). The lowest BCUT2D eigenvalue weighted by Crippen LogP contribution is -2.02. The predicted octanol–water partition coefficient (Wildman–Crippen LogP) is 0.908. The van der Waals surface area contributed by atoms with E-state index in [2.05, 4.69) is 26.5 Å². The molecule has 0 atom stereocenters. The summed E-state index contributed by atoms with van der Waals surface area (Å²) in [6.07, 6.45) is 3.57. The maximum absolute atomic E-state index is 9.01. The minimum atomic E-state index is -0.292. The van der Waals surface area contributed by atoms with Gasteiger partial charge in [-0.3, -0.25) is 0 Å². The van der Waals surface area contributed by atoms with Crippen molar-refractivity contribution < 1.29 is 0 Å². The highest BCUT2D eigenvalue weighted by Crippen LogP contribution is 2.47. The van der Waals surface area contributed by atoms with Crippen molar-refractivity contribution in [3.63, 3.8) is 0 Å². The Labute approximate surface area is 79.8 Å². The minimum Gasteiger partial charge on any atom is -0.233 e. The van der Waals surface area contributed by atoms with Crippen LogP contribution >= 0.6 is 0 Å². The molecular formula is C9H7N5. The number of nitrogens with zero attached hydrogens (tertiary/aromatic N) is 4. The molecule has 1 fully saturated rings. The molecule has 1 aliphatic rings. The summed E-state index contributed by atoms with van der Waals surface area (Å²) < 4.78 is 0. The Morgan fingerprint density at radius 3 is 3.00 bits per heavy atom. The standard InChI is InChI=1S/C9H7N5/c10-5-9(1-2-9)6-3-7-8(11-4-6)13-14-12-7/h3-4H,1-2H2,(H,11,12,13,14). The van der Waals surface area contributed by atoms with Crippen molar-refractivity contribution in [2.45, 2.75) is 18.3 Å². The molecule has 0 aliphatic heterocycles. The van der Waals surface area contributed by atoms with Crippen LogP contribution in [0, 0.1) is 11.3 Å². The fourth-order valence-electron chi connectivity index (χ4n) is 1.59. The molecule has 0 spiro atoms. The van der Waals surface area contributed by atoms with Crippen LogP contribution in [0.2, 0.25) is 0 Å². The van der Waals surface area contributed by atoms with Gasteiger partial charge in [0.2, 0.25) is 5.65 Å². The van der Waals surface area contributed by atoms with E-state index in [1.807, 2.05) is 6.07 Å². The van der Waals surface area contributed by atoms with Crippen molar-refractivity contribution in [2.75, 3.05) is 0 Å². The number of aromatic nitrogens is 4. The van der Waals surface area contributed by atoms with Gasteiger partial charge >= 0.3 is 0 Å². The highest BCUT2D eigenvalue weighted by Gasteiger charge is 2.45. The van der Waals surface area contributed by atoms with E-state index in [0.717, 1.165) is 23.9 Å². The highest BCUT2D eigenvalue weighted by atomic mass is 15.3. The molecule has 0 aromatic carbocycles. The Balaban J connectivity index is 2.19. The number of H-pyrrole nitrogens is 1. The minimum absolute atomic E-state index is 0.292. The summed E-state index contributed by atoms with van der Waals surface area (Å²) in [5.74, 6) is 0. The normalized spacial score (nSPS) is 17.9. The number of fused-ring (bicyclic) bond motifs is 1. The van der Waals surface area contributed by atoms with Crippen LogP contribution in [-0.4, -0.2) is 20.4 Å². The molecule has 68 valence electrons. The molecule has 5 heteroatoms. The summed E-state index contributed by atoms with van der Waals surface area (Å²) in [6, 6.07) is 4.22. The fraction of sp³-hybridized carbons (Fsp3) is 0.333. The molecule has 1 N–H and O–H groups in total. The van der Waals surface area contributed by atoms with E-state index in [9.17, 15) is 0 Å². The predicted molar refractivity (Wildman–Crippen MR) is 48.2 cm³/mol. The van der Waals surface area contributed by atoms with Crippen molar-refractivity contribution in [3.05, 3.63) is 17.8 Å². The van der Waals surface area contributed by atoms with E-state index in [1.54, 1.807) is 6.20 Å². The SMILES string of the molecule is N#CC1(c2cnc3n[nH]nc3c2)CC1. The van der Waals surface area contributed by atoms with Crippen LogP contribution in [-0.2, 0) is 5.41 Å². The number of aromatic amines is 1. The van der Waals surface area contributed by atoms with E-state index in [-0.39, 0.29) is 5.41 Å². The van der Waals surface area contributed by atoms with Gasteiger partial charge in [0.25, 0.3) is 0 Å². The van der Waals surface area contributed by atoms with Gasteiger partial charge < -0.3 is 0 Å². The maximum Gasteiger partial charge on any atom is 0.201 e. The zero-order valence-corrected chi connectivity index (χ0v) is 7.36. The molecule has 5 nitrogen and oxygen atoms in total. The van der Waals surface area contributed by atoms with Gasteiger partial charge in [-0.25, -0.2) is 4.98 Å². The van der Waals surface area contributed by atoms with Crippen LogP contribution in [0.25, 0.3) is 11.2 Å². The van der Waals surface area contributed by atoms with Crippen LogP contribution in [0.4, 0.5) is 0 Å². The van der Waals surface area contributed by atoms with Gasteiger partial charge in [-0.15, -0.1) is 5.10 Å². The lowest BCUT2D eigenvalue weighted by atomic mass is 10.00. The molecule has 14 heavy (non-hydrogen) atoms. The molecule has 2 aromatic heterocycles. The second-order valence-corrected chi connectivity index (χ2v) is 3.58. The van der Waals surface area contributed by atoms with Gasteiger partial charge in [0.05, 0.1) is 11.5 Å². The second kappa shape index (κ2) is 2.29. The first-order chi connectivity index (χ1) is 6.84. The average Bonchev–Trinajstić information content (AvgIpc) is 2.89. The first kappa shape index (κ1) is 7.44. The van der Waals surface area contributed by atoms with Gasteiger partial charge in [0.1, 0.15) is 5.52 Å². The lowest BCUT2D eigenvalue weighted by Gasteiger charge is -2.03. The van der Waals surface area contributed by atoms with Crippen LogP contribution in [0.3, 0.4) is 0 Å². The van der Waals surface area contributed by atoms with Crippen molar-refractivity contribution >= 4 is 11.2 Å². The number of rotatable bonds is 1. The number of pyridine rings is 1. The zero-order chi connectivity index (χ0) is 9.60. The summed E-state index contributed by atoms with van der Waals surface area (Å²) in [7, 11) is 0. The third-order valence-electron chi connectivity index (χ3n) is 2.69. The molecule has 0 saturated heterocycles. The van der Waals surface area contributed by atoms with Gasteiger partial charge in [0, 0.05) is 6.20 Å². The summed E-state index contributed by atoms with van der Waals surface area (Å²) in [6.45, 7) is 0. The fourth-order valence-corrected chi connectivity index (χ4v) is 1.59. The number of hydrogen-bond acceptors (Lipinski definition) is 4. The van der Waals surface area contributed by atoms with E-state index in [1.165, 1.54) is 0 Å². The van der Waals surface area contributed by atoms with Crippen molar-refractivity contribution in [2.24, 2.45) is 0 Å². The average molecular weight is 185 g/mol. The maximum atomic E-state index is 9.01. The summed E-state index contributed by atoms with van der Waals surface area (Å²) >= 11 is 0. The topological polar surface area (TPSA) is 78.2 Å². The first-order valence-corrected chi connectivity index (χ1v) is 4.42. The van der Waals surface area contributed by atoms with Gasteiger partial charge in [-0.2, -0.15) is 15.6 Å². The van der Waals surface area contributed by atoms with Crippen LogP contribution in [0.5, 0.6) is 0 Å². The smallest absolute Gasteiger partial charge is 0.201 e. The van der Waals surface area contributed by atoms with Crippen LogP contribution in [0.1, 0.15) is 18.4 Å². The molecule has 0 radical (unpaired) electrons.